The first kappa shape index (κ1) is 65.3. The highest BCUT2D eigenvalue weighted by molar-refractivity contribution is 5.91. The number of esters is 5. The lowest BCUT2D eigenvalue weighted by Crippen LogP contribution is -2.63. The van der Waals surface area contributed by atoms with Crippen LogP contribution in [0.3, 0.4) is 0 Å². The van der Waals surface area contributed by atoms with Gasteiger partial charge in [-0.2, -0.15) is 0 Å². The van der Waals surface area contributed by atoms with Crippen molar-refractivity contribution in [1.29, 1.82) is 0 Å². The third-order valence-electron chi connectivity index (χ3n) is 12.5. The number of hydrogen-bond acceptors (Lipinski definition) is 26. The molecule has 0 saturated carbocycles. The van der Waals surface area contributed by atoms with Gasteiger partial charge in [-0.25, -0.2) is 24.0 Å². The Bertz CT molecular complexity index is 3340. The van der Waals surface area contributed by atoms with Gasteiger partial charge in [0.25, 0.3) is 0 Å². The predicted octanol–water partition coefficient (Wildman–Crippen LogP) is 6.71. The van der Waals surface area contributed by atoms with Gasteiger partial charge in [-0.3, -0.25) is 0 Å². The molecule has 26 heteroatoms. The lowest BCUT2D eigenvalue weighted by molar-refractivity contribution is -0.298. The monoisotopic (exact) mass is 1210 g/mol. The van der Waals surface area contributed by atoms with E-state index in [4.69, 9.17) is 75.8 Å². The lowest BCUT2D eigenvalue weighted by atomic mass is 9.98. The summed E-state index contributed by atoms with van der Waals surface area (Å²) in [5, 5.41) is 52.7. The molecule has 1 saturated heterocycles. The summed E-state index contributed by atoms with van der Waals surface area (Å²) in [5.74, 6) is -7.92. The minimum Gasteiger partial charge on any atom is -0.502 e. The Morgan fingerprint density at radius 1 is 0.333 bits per heavy atom. The van der Waals surface area contributed by atoms with E-state index in [0.717, 1.165) is 30.4 Å². The van der Waals surface area contributed by atoms with E-state index >= 15 is 0 Å². The van der Waals surface area contributed by atoms with Crippen LogP contribution in [0.15, 0.2) is 91.0 Å². The van der Waals surface area contributed by atoms with Gasteiger partial charge in [0.1, 0.15) is 12.7 Å². The fourth-order valence-electron chi connectivity index (χ4n) is 8.27. The number of benzene rings is 5. The summed E-state index contributed by atoms with van der Waals surface area (Å²) in [6.45, 7) is -0.890. The van der Waals surface area contributed by atoms with Gasteiger partial charge < -0.3 is 101 Å². The van der Waals surface area contributed by atoms with Crippen molar-refractivity contribution in [2.75, 3.05) is 77.7 Å². The second kappa shape index (κ2) is 30.6. The number of rotatable bonds is 26. The zero-order chi connectivity index (χ0) is 63.5. The van der Waals surface area contributed by atoms with E-state index in [1.165, 1.54) is 162 Å². The van der Waals surface area contributed by atoms with Crippen molar-refractivity contribution in [3.63, 3.8) is 0 Å². The molecule has 6 rings (SSSR count). The summed E-state index contributed by atoms with van der Waals surface area (Å²) >= 11 is 0. The zero-order valence-corrected chi connectivity index (χ0v) is 48.5. The summed E-state index contributed by atoms with van der Waals surface area (Å²) in [4.78, 5) is 70.4. The Hall–Kier alpha value is -10.9. The Morgan fingerprint density at radius 3 is 0.805 bits per heavy atom. The van der Waals surface area contributed by atoms with Gasteiger partial charge in [0.2, 0.25) is 41.1 Å². The highest BCUT2D eigenvalue weighted by Crippen LogP contribution is 2.42. The number of hydrogen-bond donors (Lipinski definition) is 5. The predicted molar refractivity (Wildman–Crippen MR) is 307 cm³/mol. The Balaban J connectivity index is 1.50. The summed E-state index contributed by atoms with van der Waals surface area (Å²) in [7, 11) is 12.8. The van der Waals surface area contributed by atoms with Crippen LogP contribution in [0.4, 0.5) is 0 Å². The van der Waals surface area contributed by atoms with Gasteiger partial charge in [-0.1, -0.05) is 0 Å². The zero-order valence-electron chi connectivity index (χ0n) is 48.5. The normalized spacial score (nSPS) is 16.5. The first-order valence-electron chi connectivity index (χ1n) is 25.6. The summed E-state index contributed by atoms with van der Waals surface area (Å²) in [6.07, 6.45) is 0.650. The first-order valence-corrected chi connectivity index (χ1v) is 25.6. The molecule has 26 nitrogen and oxygen atoms in total. The van der Waals surface area contributed by atoms with Gasteiger partial charge in [0.05, 0.1) is 71.1 Å². The van der Waals surface area contributed by atoms with E-state index in [2.05, 4.69) is 0 Å². The molecule has 1 aliphatic heterocycles. The molecule has 0 bridgehead atoms. The number of carbonyl (C=O) groups is 5. The maximum atomic E-state index is 14.3. The molecule has 5 aromatic rings. The number of phenolic OH excluding ortho intramolecular Hbond substituents is 5. The molecule has 0 aliphatic carbocycles. The molecule has 1 heterocycles. The van der Waals surface area contributed by atoms with E-state index in [-0.39, 0.29) is 108 Å². The fraction of sp³-hybridized carbons (Fsp3) is 0.262. The second-order valence-corrected chi connectivity index (χ2v) is 17.9. The van der Waals surface area contributed by atoms with Gasteiger partial charge in [0.15, 0.2) is 69.7 Å². The molecule has 5 N–H and O–H groups in total. The molecule has 87 heavy (non-hydrogen) atoms. The van der Waals surface area contributed by atoms with E-state index in [1.54, 1.807) is 0 Å². The minimum absolute atomic E-state index is 0.00262. The molecular formula is C61H62O26. The van der Waals surface area contributed by atoms with Crippen molar-refractivity contribution in [3.05, 3.63) is 119 Å². The van der Waals surface area contributed by atoms with Crippen LogP contribution in [0.25, 0.3) is 30.4 Å². The van der Waals surface area contributed by atoms with Gasteiger partial charge in [0, 0.05) is 30.4 Å². The van der Waals surface area contributed by atoms with Crippen molar-refractivity contribution in [1.82, 2.24) is 0 Å². The minimum atomic E-state index is -2.15. The first-order chi connectivity index (χ1) is 41.7. The highest BCUT2D eigenvalue weighted by Gasteiger charge is 2.54. The van der Waals surface area contributed by atoms with Crippen LogP contribution in [0, 0.1) is 0 Å². The molecule has 462 valence electrons. The molecule has 1 fully saturated rings. The Kier molecular flexibility index (Phi) is 23.0. The van der Waals surface area contributed by atoms with E-state index in [1.807, 2.05) is 0 Å². The van der Waals surface area contributed by atoms with Crippen molar-refractivity contribution < 1.29 is 125 Å². The van der Waals surface area contributed by atoms with Crippen molar-refractivity contribution in [2.24, 2.45) is 0 Å². The average Bonchev–Trinajstić information content (AvgIpc) is 1.90. The second-order valence-electron chi connectivity index (χ2n) is 17.9. The number of ether oxygens (including phenoxy) is 16. The third-order valence-corrected chi connectivity index (χ3v) is 12.5. The Labute approximate surface area is 497 Å². The summed E-state index contributed by atoms with van der Waals surface area (Å²) in [6, 6.07) is 13.6. The van der Waals surface area contributed by atoms with Crippen LogP contribution in [-0.4, -0.2) is 164 Å². The fourth-order valence-corrected chi connectivity index (χ4v) is 8.27. The quantitative estimate of drug-likeness (QED) is 0.0218. The SMILES string of the molecule is COc1cc(/C=C/C(=O)OC[C@H]2O[C@H](OC(=O)/C=C/c3cc(OC)c(O)c(OC)c3)[C@H](OC(=O)/C=C/c3cc(OC)c(O)c(OC)c3)[C@@H](OC(=O)/C=C/c3cc(OC)c(O)c(OC)c3)[C@@H]2OC(=O)/C=C/c2cc(OC)c(O)c(OC)c2)cc(OC)c1O. The molecular weight excluding hydrogens is 1150 g/mol. The number of aromatic hydroxyl groups is 5. The number of carbonyl (C=O) groups excluding carboxylic acids is 5. The molecule has 0 amide bonds. The van der Waals surface area contributed by atoms with Crippen LogP contribution < -0.4 is 47.4 Å². The third kappa shape index (κ3) is 16.7. The Morgan fingerprint density at radius 2 is 0.552 bits per heavy atom. The van der Waals surface area contributed by atoms with Crippen molar-refractivity contribution in [2.45, 2.75) is 30.7 Å². The molecule has 5 atom stereocenters. The largest absolute Gasteiger partial charge is 0.502 e. The van der Waals surface area contributed by atoms with Crippen LogP contribution >= 0.6 is 0 Å². The average molecular weight is 1210 g/mol. The highest BCUT2D eigenvalue weighted by atomic mass is 16.7. The van der Waals surface area contributed by atoms with Crippen molar-refractivity contribution in [3.8, 4) is 86.2 Å². The molecule has 1 aliphatic rings. The smallest absolute Gasteiger partial charge is 0.333 e. The van der Waals surface area contributed by atoms with Crippen LogP contribution in [0.1, 0.15) is 27.8 Å². The lowest BCUT2D eigenvalue weighted by Gasteiger charge is -2.43. The molecule has 5 aromatic carbocycles. The topological polar surface area (TPSA) is 334 Å². The molecule has 0 radical (unpaired) electrons. The maximum absolute atomic E-state index is 14.3. The summed E-state index contributed by atoms with van der Waals surface area (Å²) < 4.78 is 88.2. The van der Waals surface area contributed by atoms with E-state index < -0.39 is 67.2 Å². The molecule has 0 aromatic heterocycles. The van der Waals surface area contributed by atoms with Crippen LogP contribution in [0.2, 0.25) is 0 Å². The van der Waals surface area contributed by atoms with Crippen molar-refractivity contribution >= 4 is 60.2 Å². The standard InChI is InChI=1S/C61H62O26/c1-72-37-21-32(22-38(73-2)53(37)67)11-16-48(62)82-31-47-58(84-49(63)17-12-33-23-39(74-3)54(68)40(24-33)75-4)59(85-50(64)18-13-34-25-41(76-5)55(69)42(26-34)77-6)60(86-51(65)19-14-35-27-43(78-7)56(70)44(28-35)79-8)61(83-47)87-52(66)20-15-36-29-45(80-9)57(71)46(30-36)81-10/h11-30,47,58-61,67-71H,31H2,1-10H3/b16-11+,17-12+,18-13+,19-14+,20-15+/t47-,58-,59+,60-,61-/m1/s1. The van der Waals surface area contributed by atoms with Crippen LogP contribution in [0.5, 0.6) is 86.2 Å². The van der Waals surface area contributed by atoms with Gasteiger partial charge >= 0.3 is 29.8 Å². The van der Waals surface area contributed by atoms with Gasteiger partial charge in [-0.15, -0.1) is 0 Å². The summed E-state index contributed by atoms with van der Waals surface area (Å²) in [5.41, 5.74) is 1.23. The van der Waals surface area contributed by atoms with Gasteiger partial charge in [-0.05, 0) is 119 Å². The molecule has 0 spiro atoms. The van der Waals surface area contributed by atoms with E-state index in [9.17, 15) is 49.5 Å². The maximum Gasteiger partial charge on any atom is 0.333 e. The number of methoxy groups -OCH3 is 10. The van der Waals surface area contributed by atoms with Crippen LogP contribution in [-0.2, 0) is 52.4 Å². The van der Waals surface area contributed by atoms with E-state index in [0.29, 0.717) is 5.56 Å². The molecule has 0 unspecified atom stereocenters. The number of phenols is 5.